The summed E-state index contributed by atoms with van der Waals surface area (Å²) in [5, 5.41) is -0.371. The molecule has 0 aliphatic carbocycles. The Morgan fingerprint density at radius 2 is 1.82 bits per heavy atom. The van der Waals surface area contributed by atoms with E-state index in [1.54, 1.807) is 0 Å². The number of hydrogen-bond acceptors (Lipinski definition) is 1. The van der Waals surface area contributed by atoms with Gasteiger partial charge in [-0.1, -0.05) is 11.6 Å². The lowest BCUT2D eigenvalue weighted by molar-refractivity contribution is -0.136. The van der Waals surface area contributed by atoms with Crippen molar-refractivity contribution in [2.24, 2.45) is 5.73 Å². The Labute approximate surface area is 99.4 Å². The molecule has 1 aromatic carbocycles. The zero-order valence-corrected chi connectivity index (χ0v) is 9.25. The Morgan fingerprint density at radius 1 is 1.24 bits per heavy atom. The highest BCUT2D eigenvalue weighted by Crippen LogP contribution is 2.30. The second kappa shape index (κ2) is 5.18. The molecule has 0 radical (unpaired) electrons. The fraction of sp³-hybridized carbons (Fsp3) is 0.400. The second-order valence-corrected chi connectivity index (χ2v) is 3.92. The molecule has 0 saturated heterocycles. The maximum Gasteiger partial charge on any atom is 0.389 e. The summed E-state index contributed by atoms with van der Waals surface area (Å²) < 4.78 is 62.5. The van der Waals surface area contributed by atoms with Gasteiger partial charge in [0.05, 0.1) is 5.02 Å². The number of halogens is 6. The van der Waals surface area contributed by atoms with E-state index in [-0.39, 0.29) is 5.02 Å². The van der Waals surface area contributed by atoms with Gasteiger partial charge in [0.25, 0.3) is 0 Å². The molecule has 1 nitrogen and oxygen atoms in total. The van der Waals surface area contributed by atoms with Crippen molar-refractivity contribution in [2.45, 2.75) is 25.1 Å². The van der Waals surface area contributed by atoms with Crippen LogP contribution in [0.5, 0.6) is 0 Å². The van der Waals surface area contributed by atoms with Crippen molar-refractivity contribution in [1.82, 2.24) is 0 Å². The second-order valence-electron chi connectivity index (χ2n) is 3.52. The number of nitrogens with two attached hydrogens (primary N) is 1. The smallest absolute Gasteiger partial charge is 0.324 e. The minimum Gasteiger partial charge on any atom is -0.324 e. The lowest BCUT2D eigenvalue weighted by Gasteiger charge is -2.15. The van der Waals surface area contributed by atoms with Crippen LogP contribution in [0.2, 0.25) is 5.02 Å². The molecule has 2 N–H and O–H groups in total. The first-order valence-electron chi connectivity index (χ1n) is 4.68. The molecule has 0 fully saturated rings. The normalized spacial score (nSPS) is 13.8. The van der Waals surface area contributed by atoms with Gasteiger partial charge in [0.15, 0.2) is 0 Å². The monoisotopic (exact) mass is 273 g/mol. The zero-order valence-electron chi connectivity index (χ0n) is 8.49. The molecule has 0 amide bonds. The number of alkyl halides is 3. The average Bonchev–Trinajstić information content (AvgIpc) is 2.20. The highest BCUT2D eigenvalue weighted by molar-refractivity contribution is 6.30. The molecule has 1 atom stereocenters. The zero-order chi connectivity index (χ0) is 13.2. The maximum atomic E-state index is 13.4. The van der Waals surface area contributed by atoms with Crippen molar-refractivity contribution in [1.29, 1.82) is 0 Å². The van der Waals surface area contributed by atoms with Gasteiger partial charge in [0.1, 0.15) is 11.6 Å². The summed E-state index contributed by atoms with van der Waals surface area (Å²) in [4.78, 5) is 0. The highest BCUT2D eigenvalue weighted by atomic mass is 35.5. The number of hydrogen-bond donors (Lipinski definition) is 1. The molecule has 7 heteroatoms. The van der Waals surface area contributed by atoms with E-state index in [4.69, 9.17) is 17.3 Å². The van der Waals surface area contributed by atoms with Crippen molar-refractivity contribution in [3.63, 3.8) is 0 Å². The molecule has 0 unspecified atom stereocenters. The van der Waals surface area contributed by atoms with E-state index in [2.05, 4.69) is 0 Å². The summed E-state index contributed by atoms with van der Waals surface area (Å²) in [6.45, 7) is 0. The summed E-state index contributed by atoms with van der Waals surface area (Å²) in [6.07, 6.45) is -6.22. The summed E-state index contributed by atoms with van der Waals surface area (Å²) in [6, 6.07) is 0.468. The van der Waals surface area contributed by atoms with Crippen LogP contribution in [0.3, 0.4) is 0 Å². The van der Waals surface area contributed by atoms with E-state index in [0.29, 0.717) is 0 Å². The summed E-state index contributed by atoms with van der Waals surface area (Å²) >= 11 is 5.40. The van der Waals surface area contributed by atoms with E-state index in [9.17, 15) is 22.0 Å². The van der Waals surface area contributed by atoms with Gasteiger partial charge in [0, 0.05) is 18.0 Å². The van der Waals surface area contributed by atoms with Crippen molar-refractivity contribution < 1.29 is 22.0 Å². The van der Waals surface area contributed by atoms with Gasteiger partial charge in [-0.05, 0) is 18.6 Å². The summed E-state index contributed by atoms with van der Waals surface area (Å²) in [5.74, 6) is -2.11. The lowest BCUT2D eigenvalue weighted by Crippen LogP contribution is -2.18. The van der Waals surface area contributed by atoms with Gasteiger partial charge < -0.3 is 5.73 Å². The Morgan fingerprint density at radius 3 is 2.35 bits per heavy atom. The molecule has 0 aromatic heterocycles. The molecule has 1 rings (SSSR count). The molecular formula is C10H9ClF5N. The van der Waals surface area contributed by atoms with E-state index in [1.165, 1.54) is 0 Å². The van der Waals surface area contributed by atoms with Gasteiger partial charge in [-0.25, -0.2) is 8.78 Å². The lowest BCUT2D eigenvalue weighted by atomic mass is 10.0. The molecule has 0 heterocycles. The van der Waals surface area contributed by atoms with Crippen molar-refractivity contribution in [2.75, 3.05) is 0 Å². The maximum absolute atomic E-state index is 13.4. The van der Waals surface area contributed by atoms with Crippen LogP contribution < -0.4 is 5.73 Å². The van der Waals surface area contributed by atoms with Crippen molar-refractivity contribution >= 4 is 11.6 Å². The Kier molecular flexibility index (Phi) is 4.32. The molecule has 17 heavy (non-hydrogen) atoms. The standard InChI is InChI=1S/C10H9ClF5N/c11-5-1-2-6(12)8(9(5)13)7(17)3-4-10(14,15)16/h1-2,7H,3-4,17H2/t7-/m1/s1. The van der Waals surface area contributed by atoms with Crippen LogP contribution in [0.15, 0.2) is 12.1 Å². The highest BCUT2D eigenvalue weighted by Gasteiger charge is 2.29. The number of rotatable bonds is 3. The minimum absolute atomic E-state index is 0.371. The van der Waals surface area contributed by atoms with Crippen molar-refractivity contribution in [3.8, 4) is 0 Å². The Hall–Kier alpha value is -0.880. The van der Waals surface area contributed by atoms with Crippen LogP contribution in [0.4, 0.5) is 22.0 Å². The third kappa shape index (κ3) is 3.81. The molecule has 0 spiro atoms. The molecule has 0 aliphatic rings. The first-order valence-corrected chi connectivity index (χ1v) is 5.06. The Balaban J connectivity index is 2.89. The van der Waals surface area contributed by atoms with E-state index >= 15 is 0 Å². The third-order valence-corrected chi connectivity index (χ3v) is 2.48. The molecule has 0 aliphatic heterocycles. The van der Waals surface area contributed by atoms with Crippen LogP contribution in [-0.2, 0) is 0 Å². The first kappa shape index (κ1) is 14.2. The van der Waals surface area contributed by atoms with Crippen LogP contribution >= 0.6 is 11.6 Å². The molecular weight excluding hydrogens is 265 g/mol. The first-order chi connectivity index (χ1) is 7.72. The SMILES string of the molecule is N[C@H](CCC(F)(F)F)c1c(F)ccc(Cl)c1F. The van der Waals surface area contributed by atoms with Crippen LogP contribution in [-0.4, -0.2) is 6.18 Å². The van der Waals surface area contributed by atoms with Gasteiger partial charge in [-0.15, -0.1) is 0 Å². The predicted octanol–water partition coefficient (Wildman–Crippen LogP) is 3.96. The van der Waals surface area contributed by atoms with Gasteiger partial charge in [-0.3, -0.25) is 0 Å². The van der Waals surface area contributed by atoms with Crippen LogP contribution in [0, 0.1) is 11.6 Å². The molecule has 0 saturated carbocycles. The minimum atomic E-state index is -4.41. The quantitative estimate of drug-likeness (QED) is 0.655. The van der Waals surface area contributed by atoms with Crippen molar-refractivity contribution in [3.05, 3.63) is 34.4 Å². The van der Waals surface area contributed by atoms with Crippen LogP contribution in [0.25, 0.3) is 0 Å². The topological polar surface area (TPSA) is 26.0 Å². The fourth-order valence-corrected chi connectivity index (χ4v) is 1.51. The van der Waals surface area contributed by atoms with Gasteiger partial charge >= 0.3 is 6.18 Å². The van der Waals surface area contributed by atoms with E-state index < -0.39 is 42.3 Å². The third-order valence-electron chi connectivity index (χ3n) is 2.19. The number of benzene rings is 1. The summed E-state index contributed by atoms with van der Waals surface area (Å²) in [5.41, 5.74) is 4.72. The van der Waals surface area contributed by atoms with Gasteiger partial charge in [-0.2, -0.15) is 13.2 Å². The molecule has 0 bridgehead atoms. The van der Waals surface area contributed by atoms with Gasteiger partial charge in [0.2, 0.25) is 0 Å². The molecule has 96 valence electrons. The largest absolute Gasteiger partial charge is 0.389 e. The fourth-order valence-electron chi connectivity index (χ4n) is 1.35. The van der Waals surface area contributed by atoms with E-state index in [1.807, 2.05) is 0 Å². The van der Waals surface area contributed by atoms with Crippen LogP contribution in [0.1, 0.15) is 24.4 Å². The molecule has 1 aromatic rings. The summed E-state index contributed by atoms with van der Waals surface area (Å²) in [7, 11) is 0. The Bertz CT molecular complexity index is 404. The average molecular weight is 274 g/mol. The van der Waals surface area contributed by atoms with E-state index in [0.717, 1.165) is 12.1 Å². The predicted molar refractivity (Wildman–Crippen MR) is 53.6 cm³/mol.